The fraction of sp³-hybridized carbons (Fsp3) is 0.500. The molecule has 7 nitrogen and oxygen atoms in total. The molecule has 1 N–H and O–H groups in total. The molecule has 7 heteroatoms. The molecule has 3 aliphatic rings. The normalized spacial score (nSPS) is 33.7. The molecule has 110 valence electrons. The Hall–Kier alpha value is -2.15. The van der Waals surface area contributed by atoms with E-state index in [1.807, 2.05) is 0 Å². The zero-order valence-electron chi connectivity index (χ0n) is 11.4. The van der Waals surface area contributed by atoms with Crippen molar-refractivity contribution in [1.82, 2.24) is 10.4 Å². The van der Waals surface area contributed by atoms with E-state index in [1.165, 1.54) is 12.3 Å². The lowest BCUT2D eigenvalue weighted by Gasteiger charge is -2.17. The van der Waals surface area contributed by atoms with Gasteiger partial charge >= 0.3 is 0 Å². The Morgan fingerprint density at radius 3 is 2.38 bits per heavy atom. The lowest BCUT2D eigenvalue weighted by atomic mass is 9.81. The number of furan rings is 1. The lowest BCUT2D eigenvalue weighted by Crippen LogP contribution is -2.47. The van der Waals surface area contributed by atoms with Gasteiger partial charge in [-0.05, 0) is 25.8 Å². The minimum Gasteiger partial charge on any atom is -0.469 e. The summed E-state index contributed by atoms with van der Waals surface area (Å²) in [4.78, 5) is 36.9. The Labute approximate surface area is 120 Å². The zero-order chi connectivity index (χ0) is 14.7. The Kier molecular flexibility index (Phi) is 2.50. The van der Waals surface area contributed by atoms with Crippen molar-refractivity contribution in [3.63, 3.8) is 0 Å². The average molecular weight is 290 g/mol. The summed E-state index contributed by atoms with van der Waals surface area (Å²) < 4.78 is 10.7. The van der Waals surface area contributed by atoms with Crippen LogP contribution in [-0.4, -0.2) is 34.9 Å². The van der Waals surface area contributed by atoms with E-state index < -0.39 is 17.7 Å². The van der Waals surface area contributed by atoms with Crippen molar-refractivity contribution >= 4 is 17.7 Å². The summed E-state index contributed by atoms with van der Waals surface area (Å²) in [5.41, 5.74) is 2.71. The number of imide groups is 1. The smallest absolute Gasteiger partial charge is 0.273 e. The van der Waals surface area contributed by atoms with Gasteiger partial charge in [0.25, 0.3) is 17.7 Å². The molecule has 3 fully saturated rings. The number of hydrogen-bond acceptors (Lipinski definition) is 5. The predicted molar refractivity (Wildman–Crippen MR) is 67.6 cm³/mol. The highest BCUT2D eigenvalue weighted by Crippen LogP contribution is 2.48. The maximum Gasteiger partial charge on any atom is 0.273 e. The van der Waals surface area contributed by atoms with Gasteiger partial charge in [0.1, 0.15) is 5.76 Å². The number of carbonyl (C=O) groups is 3. The Bertz CT molecular complexity index is 624. The second-order valence-electron chi connectivity index (χ2n) is 5.69. The topological polar surface area (TPSA) is 88.9 Å². The third-order valence-corrected chi connectivity index (χ3v) is 4.60. The fourth-order valence-electron chi connectivity index (χ4n) is 3.60. The molecule has 4 heterocycles. The molecule has 3 amide bonds. The van der Waals surface area contributed by atoms with Crippen LogP contribution in [0.4, 0.5) is 0 Å². The van der Waals surface area contributed by atoms with E-state index >= 15 is 0 Å². The molecular formula is C14H14N2O5. The van der Waals surface area contributed by atoms with Crippen LogP contribution in [0.5, 0.6) is 0 Å². The molecule has 21 heavy (non-hydrogen) atoms. The van der Waals surface area contributed by atoms with Crippen molar-refractivity contribution in [3.8, 4) is 0 Å². The minimum atomic E-state index is -0.517. The first kappa shape index (κ1) is 12.6. The highest BCUT2D eigenvalue weighted by Gasteiger charge is 2.62. The third kappa shape index (κ3) is 1.61. The number of hydrazine groups is 1. The number of nitrogens with one attached hydrogen (secondary N) is 1. The van der Waals surface area contributed by atoms with Crippen LogP contribution in [0.1, 0.15) is 29.0 Å². The first-order chi connectivity index (χ1) is 10.1. The van der Waals surface area contributed by atoms with Gasteiger partial charge in [-0.2, -0.15) is 5.01 Å². The number of hydrogen-bond donors (Lipinski definition) is 1. The molecule has 0 aromatic carbocycles. The summed E-state index contributed by atoms with van der Waals surface area (Å²) in [5, 5.41) is 0.859. The summed E-state index contributed by atoms with van der Waals surface area (Å²) >= 11 is 0. The number of amides is 3. The summed E-state index contributed by atoms with van der Waals surface area (Å²) in [6, 6.07) is 1.50. The van der Waals surface area contributed by atoms with Gasteiger partial charge < -0.3 is 9.15 Å². The molecule has 3 aliphatic heterocycles. The molecule has 1 aromatic rings. The number of fused-ring (bicyclic) bond motifs is 5. The molecular weight excluding hydrogens is 276 g/mol. The molecule has 0 unspecified atom stereocenters. The third-order valence-electron chi connectivity index (χ3n) is 4.60. The van der Waals surface area contributed by atoms with Crippen molar-refractivity contribution < 1.29 is 23.5 Å². The van der Waals surface area contributed by atoms with E-state index in [-0.39, 0.29) is 24.0 Å². The van der Waals surface area contributed by atoms with E-state index in [2.05, 4.69) is 5.43 Å². The molecule has 0 saturated carbocycles. The molecule has 4 rings (SSSR count). The van der Waals surface area contributed by atoms with Crippen LogP contribution in [0.3, 0.4) is 0 Å². The molecule has 0 aliphatic carbocycles. The predicted octanol–water partition coefficient (Wildman–Crippen LogP) is 0.395. The van der Waals surface area contributed by atoms with Crippen LogP contribution >= 0.6 is 0 Å². The number of rotatable bonds is 2. The molecule has 3 saturated heterocycles. The van der Waals surface area contributed by atoms with Crippen LogP contribution in [0.25, 0.3) is 0 Å². The van der Waals surface area contributed by atoms with Crippen molar-refractivity contribution in [2.45, 2.75) is 32.0 Å². The standard InChI is InChI=1S/C14H14N2O5/c1-6-7(4-5-20-6)12(17)15-16-13(18)10-8-2-3-9(21-8)11(10)14(16)19/h4-5,8-11H,2-3H2,1H3,(H,15,17)/t8-,9+,10-,11+. The molecule has 0 spiro atoms. The Balaban J connectivity index is 1.57. The summed E-state index contributed by atoms with van der Waals surface area (Å²) in [6.45, 7) is 1.64. The molecule has 1 aromatic heterocycles. The van der Waals surface area contributed by atoms with Gasteiger partial charge in [0.2, 0.25) is 0 Å². The SMILES string of the molecule is Cc1occc1C(=O)NN1C(=O)[C@@H]2[C@H](C1=O)[C@H]1CC[C@@H]2O1. The van der Waals surface area contributed by atoms with Gasteiger partial charge in [0.15, 0.2) is 0 Å². The van der Waals surface area contributed by atoms with E-state index in [1.54, 1.807) is 6.92 Å². The van der Waals surface area contributed by atoms with Crippen LogP contribution < -0.4 is 5.43 Å². The Morgan fingerprint density at radius 1 is 1.24 bits per heavy atom. The van der Waals surface area contributed by atoms with Crippen LogP contribution in [0.2, 0.25) is 0 Å². The van der Waals surface area contributed by atoms with E-state index in [9.17, 15) is 14.4 Å². The number of carbonyl (C=O) groups excluding carboxylic acids is 3. The molecule has 2 bridgehead atoms. The quantitative estimate of drug-likeness (QED) is 0.796. The van der Waals surface area contributed by atoms with Gasteiger partial charge in [-0.25, -0.2) is 0 Å². The van der Waals surface area contributed by atoms with Crippen LogP contribution in [0, 0.1) is 18.8 Å². The van der Waals surface area contributed by atoms with Gasteiger partial charge in [0, 0.05) is 0 Å². The highest BCUT2D eigenvalue weighted by molar-refractivity contribution is 6.08. The van der Waals surface area contributed by atoms with Crippen molar-refractivity contribution in [2.24, 2.45) is 11.8 Å². The second-order valence-corrected chi connectivity index (χ2v) is 5.69. The van der Waals surface area contributed by atoms with Gasteiger partial charge in [-0.1, -0.05) is 0 Å². The summed E-state index contributed by atoms with van der Waals surface area (Å²) in [7, 11) is 0. The monoisotopic (exact) mass is 290 g/mol. The minimum absolute atomic E-state index is 0.186. The summed E-state index contributed by atoms with van der Waals surface area (Å²) in [5.74, 6) is -1.70. The maximum atomic E-state index is 12.4. The zero-order valence-corrected chi connectivity index (χ0v) is 11.4. The van der Waals surface area contributed by atoms with Gasteiger partial charge in [-0.15, -0.1) is 0 Å². The second kappa shape index (κ2) is 4.17. The van der Waals surface area contributed by atoms with Crippen molar-refractivity contribution in [1.29, 1.82) is 0 Å². The summed E-state index contributed by atoms with van der Waals surface area (Å²) in [6.07, 6.45) is 2.62. The largest absolute Gasteiger partial charge is 0.469 e. The molecule has 4 atom stereocenters. The van der Waals surface area contributed by atoms with Gasteiger partial charge in [0.05, 0.1) is 35.9 Å². The average Bonchev–Trinajstić information content (AvgIpc) is 3.19. The van der Waals surface area contributed by atoms with E-state index in [0.29, 0.717) is 11.3 Å². The maximum absolute atomic E-state index is 12.4. The number of ether oxygens (including phenoxy) is 1. The van der Waals surface area contributed by atoms with Crippen LogP contribution in [-0.2, 0) is 14.3 Å². The Morgan fingerprint density at radius 2 is 1.86 bits per heavy atom. The molecule has 0 radical (unpaired) electrons. The van der Waals surface area contributed by atoms with Crippen molar-refractivity contribution in [2.75, 3.05) is 0 Å². The van der Waals surface area contributed by atoms with E-state index in [4.69, 9.17) is 9.15 Å². The van der Waals surface area contributed by atoms with Crippen molar-refractivity contribution in [3.05, 3.63) is 23.7 Å². The first-order valence-electron chi connectivity index (χ1n) is 6.96. The fourth-order valence-corrected chi connectivity index (χ4v) is 3.60. The highest BCUT2D eigenvalue weighted by atomic mass is 16.5. The number of aryl methyl sites for hydroxylation is 1. The first-order valence-corrected chi connectivity index (χ1v) is 6.96. The number of nitrogens with zero attached hydrogens (tertiary/aromatic N) is 1. The van der Waals surface area contributed by atoms with Gasteiger partial charge in [-0.3, -0.25) is 19.8 Å². The lowest BCUT2D eigenvalue weighted by molar-refractivity contribution is -0.145. The van der Waals surface area contributed by atoms with E-state index in [0.717, 1.165) is 17.9 Å². The van der Waals surface area contributed by atoms with Crippen LogP contribution in [0.15, 0.2) is 16.7 Å².